The lowest BCUT2D eigenvalue weighted by atomic mass is 9.84. The van der Waals surface area contributed by atoms with Crippen LogP contribution in [-0.2, 0) is 0 Å². The van der Waals surface area contributed by atoms with Gasteiger partial charge in [-0.15, -0.1) is 0 Å². The fraction of sp³-hybridized carbons (Fsp3) is 0.250. The third kappa shape index (κ3) is 1.99. The van der Waals surface area contributed by atoms with Crippen molar-refractivity contribution in [2.75, 3.05) is 0 Å². The molecule has 24 heavy (non-hydrogen) atoms. The third-order valence-corrected chi connectivity index (χ3v) is 5.90. The van der Waals surface area contributed by atoms with Crippen LogP contribution in [0.5, 0.6) is 0 Å². The Kier molecular flexibility index (Phi) is 2.97. The maximum Gasteiger partial charge on any atom is -0.00704 e. The molecule has 0 spiro atoms. The van der Waals surface area contributed by atoms with Crippen LogP contribution in [0.4, 0.5) is 0 Å². The Bertz CT molecular complexity index is 990. The fourth-order valence-electron chi connectivity index (χ4n) is 4.57. The predicted molar refractivity (Wildman–Crippen MR) is 103 cm³/mol. The highest BCUT2D eigenvalue weighted by atomic mass is 14.4. The first kappa shape index (κ1) is 14.0. The van der Waals surface area contributed by atoms with Crippen molar-refractivity contribution < 1.29 is 0 Å². The lowest BCUT2D eigenvalue weighted by Gasteiger charge is -2.19. The van der Waals surface area contributed by atoms with Gasteiger partial charge in [-0.1, -0.05) is 60.7 Å². The van der Waals surface area contributed by atoms with Crippen LogP contribution < -0.4 is 0 Å². The van der Waals surface area contributed by atoms with Crippen LogP contribution in [0.2, 0.25) is 0 Å². The summed E-state index contributed by atoms with van der Waals surface area (Å²) >= 11 is 0. The Morgan fingerprint density at radius 2 is 1.62 bits per heavy atom. The summed E-state index contributed by atoms with van der Waals surface area (Å²) in [4.78, 5) is 0. The molecule has 5 rings (SSSR count). The van der Waals surface area contributed by atoms with Crippen molar-refractivity contribution in [1.82, 2.24) is 0 Å². The van der Waals surface area contributed by atoms with E-state index in [4.69, 9.17) is 0 Å². The molecule has 0 bridgehead atoms. The highest BCUT2D eigenvalue weighted by Gasteiger charge is 2.41. The molecule has 0 aliphatic heterocycles. The molecule has 1 fully saturated rings. The second-order valence-electron chi connectivity index (χ2n) is 7.48. The second-order valence-corrected chi connectivity index (χ2v) is 7.48. The lowest BCUT2D eigenvalue weighted by molar-refractivity contribution is 0.828. The highest BCUT2D eigenvalue weighted by molar-refractivity contribution is 6.00. The summed E-state index contributed by atoms with van der Waals surface area (Å²) in [6, 6.07) is 18.0. The van der Waals surface area contributed by atoms with Gasteiger partial charge in [-0.2, -0.15) is 0 Å². The molecule has 0 amide bonds. The summed E-state index contributed by atoms with van der Waals surface area (Å²) in [7, 11) is 0. The Labute approximate surface area is 143 Å². The molecule has 0 N–H and O–H groups in total. The molecule has 3 aromatic rings. The van der Waals surface area contributed by atoms with Crippen LogP contribution in [0.3, 0.4) is 0 Å². The van der Waals surface area contributed by atoms with E-state index in [1.54, 1.807) is 5.56 Å². The molecule has 2 aliphatic rings. The number of fused-ring (bicyclic) bond motifs is 4. The monoisotopic (exact) mass is 310 g/mol. The number of hydrogen-bond donors (Lipinski definition) is 0. The van der Waals surface area contributed by atoms with Crippen LogP contribution in [0, 0.1) is 19.8 Å². The Balaban J connectivity index is 1.89. The van der Waals surface area contributed by atoms with Crippen molar-refractivity contribution in [2.45, 2.75) is 32.6 Å². The quantitative estimate of drug-likeness (QED) is 0.472. The molecule has 118 valence electrons. The van der Waals surface area contributed by atoms with Crippen molar-refractivity contribution in [3.63, 3.8) is 0 Å². The summed E-state index contributed by atoms with van der Waals surface area (Å²) < 4.78 is 0. The van der Waals surface area contributed by atoms with E-state index in [9.17, 15) is 0 Å². The average Bonchev–Trinajstić information content (AvgIpc) is 3.36. The Morgan fingerprint density at radius 1 is 0.833 bits per heavy atom. The molecule has 2 aliphatic carbocycles. The minimum atomic E-state index is 0.753. The maximum atomic E-state index is 2.38. The van der Waals surface area contributed by atoms with Gasteiger partial charge >= 0.3 is 0 Å². The summed E-state index contributed by atoms with van der Waals surface area (Å²) in [5.41, 5.74) is 8.79. The molecular formula is C24H22. The first-order valence-corrected chi connectivity index (χ1v) is 9.03. The largest absolute Gasteiger partial charge is 0.0836 e. The highest BCUT2D eigenvalue weighted by Crippen LogP contribution is 2.56. The van der Waals surface area contributed by atoms with Gasteiger partial charge < -0.3 is 0 Å². The van der Waals surface area contributed by atoms with E-state index in [1.807, 2.05) is 0 Å². The van der Waals surface area contributed by atoms with Gasteiger partial charge in [0.05, 0.1) is 0 Å². The zero-order valence-electron chi connectivity index (χ0n) is 14.3. The minimum Gasteiger partial charge on any atom is -0.0836 e. The molecule has 3 aromatic carbocycles. The molecule has 0 heteroatoms. The minimum absolute atomic E-state index is 0.753. The van der Waals surface area contributed by atoms with Crippen LogP contribution in [0.15, 0.2) is 54.6 Å². The van der Waals surface area contributed by atoms with Crippen molar-refractivity contribution in [3.8, 4) is 11.1 Å². The van der Waals surface area contributed by atoms with E-state index in [-0.39, 0.29) is 0 Å². The molecule has 2 unspecified atom stereocenters. The molecule has 2 atom stereocenters. The molecule has 0 saturated heterocycles. The third-order valence-electron chi connectivity index (χ3n) is 5.90. The second kappa shape index (κ2) is 5.08. The van der Waals surface area contributed by atoms with E-state index >= 15 is 0 Å². The molecule has 0 nitrogen and oxygen atoms in total. The topological polar surface area (TPSA) is 0 Å². The standard InChI is InChI=1S/C24H22/c1-15-10-12-17-6-3-4-9-20(17)22(15)23-16(2)11-13-18-7-5-8-19-14-21(19)24(18)23/h3-7,9-13,19,21H,8,14H2,1-2H3. The van der Waals surface area contributed by atoms with E-state index in [1.165, 1.54) is 51.4 Å². The van der Waals surface area contributed by atoms with Crippen LogP contribution in [0.1, 0.15) is 41.0 Å². The van der Waals surface area contributed by atoms with Gasteiger partial charge in [-0.05, 0) is 82.7 Å². The van der Waals surface area contributed by atoms with Gasteiger partial charge in [0.1, 0.15) is 0 Å². The zero-order chi connectivity index (χ0) is 16.3. The van der Waals surface area contributed by atoms with Crippen LogP contribution >= 0.6 is 0 Å². The summed E-state index contributed by atoms with van der Waals surface area (Å²) in [6.45, 7) is 4.54. The van der Waals surface area contributed by atoms with Crippen molar-refractivity contribution >= 4 is 16.8 Å². The molecule has 0 heterocycles. The number of aryl methyl sites for hydroxylation is 2. The van der Waals surface area contributed by atoms with E-state index in [0.717, 1.165) is 11.8 Å². The van der Waals surface area contributed by atoms with Gasteiger partial charge in [0, 0.05) is 0 Å². The van der Waals surface area contributed by atoms with E-state index < -0.39 is 0 Å². The predicted octanol–water partition coefficient (Wildman–Crippen LogP) is 6.64. The normalized spacial score (nSPS) is 21.2. The summed E-state index contributed by atoms with van der Waals surface area (Å²) in [6.07, 6.45) is 7.33. The van der Waals surface area contributed by atoms with Crippen molar-refractivity contribution in [2.24, 2.45) is 5.92 Å². The van der Waals surface area contributed by atoms with Gasteiger partial charge in [-0.3, -0.25) is 0 Å². The molecule has 0 aromatic heterocycles. The SMILES string of the molecule is Cc1ccc2c(c1-c1c(C)ccc3ccccc13)C1CC1CC=C2. The fourth-order valence-corrected chi connectivity index (χ4v) is 4.57. The van der Waals surface area contributed by atoms with E-state index in [2.05, 4.69) is 74.5 Å². The van der Waals surface area contributed by atoms with Gasteiger partial charge in [0.15, 0.2) is 0 Å². The first-order chi connectivity index (χ1) is 11.7. The number of hydrogen-bond acceptors (Lipinski definition) is 0. The Hall–Kier alpha value is -2.34. The Morgan fingerprint density at radius 3 is 2.54 bits per heavy atom. The number of allylic oxidation sites excluding steroid dienone is 1. The summed E-state index contributed by atoms with van der Waals surface area (Å²) in [5.74, 6) is 1.61. The number of benzene rings is 3. The molecular weight excluding hydrogens is 288 g/mol. The zero-order valence-corrected chi connectivity index (χ0v) is 14.3. The lowest BCUT2D eigenvalue weighted by Crippen LogP contribution is -1.98. The van der Waals surface area contributed by atoms with Crippen molar-refractivity contribution in [3.05, 3.63) is 76.9 Å². The van der Waals surface area contributed by atoms with Gasteiger partial charge in [0.2, 0.25) is 0 Å². The number of rotatable bonds is 1. The summed E-state index contributed by atoms with van der Waals surface area (Å²) in [5, 5.41) is 2.73. The molecule has 1 saturated carbocycles. The smallest absolute Gasteiger partial charge is 0.00704 e. The molecule has 0 radical (unpaired) electrons. The average molecular weight is 310 g/mol. The van der Waals surface area contributed by atoms with Crippen LogP contribution in [-0.4, -0.2) is 0 Å². The van der Waals surface area contributed by atoms with E-state index in [0.29, 0.717) is 0 Å². The van der Waals surface area contributed by atoms with Gasteiger partial charge in [-0.25, -0.2) is 0 Å². The van der Waals surface area contributed by atoms with Crippen molar-refractivity contribution in [1.29, 1.82) is 0 Å². The van der Waals surface area contributed by atoms with Gasteiger partial charge in [0.25, 0.3) is 0 Å². The first-order valence-electron chi connectivity index (χ1n) is 9.03. The maximum absolute atomic E-state index is 2.38. The van der Waals surface area contributed by atoms with Crippen LogP contribution in [0.25, 0.3) is 28.0 Å².